The number of likely N-dealkylation sites (N-methyl/N-ethyl adjacent to an activating group) is 1. The molecule has 0 aliphatic rings. The smallest absolute Gasteiger partial charge is 0.268 e. The van der Waals surface area contributed by atoms with Gasteiger partial charge < -0.3 is 28.8 Å². The number of nitrogens with zero attached hydrogens (tertiary/aromatic N) is 1. The number of unbranched alkanes of at least 4 members (excludes halogenated alkanes) is 16. The number of carbonyl (C=O) groups excluding carboxylic acids is 1. The Morgan fingerprint density at radius 3 is 1.70 bits per heavy atom. The molecule has 0 bridgehead atoms. The zero-order valence-electron chi connectivity index (χ0n) is 26.8. The number of hydrogen-bond acceptors (Lipinski definition) is 6. The van der Waals surface area contributed by atoms with Gasteiger partial charge >= 0.3 is 0 Å². The highest BCUT2D eigenvalue weighted by molar-refractivity contribution is 7.45. The first-order valence-corrected chi connectivity index (χ1v) is 17.8. The number of nitrogens with one attached hydrogen (secondary N) is 1. The quantitative estimate of drug-likeness (QED) is 0.0557. The SMILES string of the molecule is CCCCCCCCCCCCC(=O)NC(COP(=O)([O-])OCC[N+](C)(C)C)C(O)CCCCCCCCCC. The van der Waals surface area contributed by atoms with E-state index in [1.807, 2.05) is 21.1 Å². The third-order valence-electron chi connectivity index (χ3n) is 7.35. The molecule has 0 saturated carbocycles. The van der Waals surface area contributed by atoms with Crippen molar-refractivity contribution in [3.8, 4) is 0 Å². The first-order valence-electron chi connectivity index (χ1n) is 16.4. The van der Waals surface area contributed by atoms with Crippen LogP contribution < -0.4 is 10.2 Å². The second-order valence-electron chi connectivity index (χ2n) is 12.5. The molecule has 9 heteroatoms. The number of carbonyl (C=O) groups is 1. The van der Waals surface area contributed by atoms with E-state index >= 15 is 0 Å². The van der Waals surface area contributed by atoms with Crippen molar-refractivity contribution in [1.82, 2.24) is 5.32 Å². The molecule has 3 unspecified atom stereocenters. The molecular formula is C31H65N2O6P. The number of aliphatic hydroxyl groups excluding tert-OH is 1. The molecule has 0 aromatic rings. The molecule has 1 amide bonds. The van der Waals surface area contributed by atoms with Crippen molar-refractivity contribution in [2.75, 3.05) is 40.9 Å². The average molecular weight is 593 g/mol. The highest BCUT2D eigenvalue weighted by Crippen LogP contribution is 2.38. The molecule has 0 radical (unpaired) electrons. The number of phosphoric ester groups is 1. The fourth-order valence-corrected chi connectivity index (χ4v) is 5.35. The molecule has 0 aliphatic heterocycles. The van der Waals surface area contributed by atoms with Crippen LogP contribution in [-0.2, 0) is 18.4 Å². The van der Waals surface area contributed by atoms with Gasteiger partial charge in [-0.15, -0.1) is 0 Å². The fraction of sp³-hybridized carbons (Fsp3) is 0.968. The van der Waals surface area contributed by atoms with Crippen LogP contribution in [0.3, 0.4) is 0 Å². The monoisotopic (exact) mass is 592 g/mol. The minimum atomic E-state index is -4.53. The van der Waals surface area contributed by atoms with Gasteiger partial charge in [-0.05, 0) is 12.8 Å². The molecule has 0 aromatic carbocycles. The first kappa shape index (κ1) is 39.5. The van der Waals surface area contributed by atoms with Crippen molar-refractivity contribution in [3.63, 3.8) is 0 Å². The van der Waals surface area contributed by atoms with E-state index in [4.69, 9.17) is 9.05 Å². The zero-order valence-corrected chi connectivity index (χ0v) is 27.7. The summed E-state index contributed by atoms with van der Waals surface area (Å²) in [6, 6.07) is -0.788. The summed E-state index contributed by atoms with van der Waals surface area (Å²) in [6.45, 7) is 4.64. The molecule has 0 saturated heterocycles. The van der Waals surface area contributed by atoms with Gasteiger partial charge in [0.2, 0.25) is 5.91 Å². The molecule has 8 nitrogen and oxygen atoms in total. The molecular weight excluding hydrogens is 527 g/mol. The molecule has 0 aromatic heterocycles. The molecule has 0 aliphatic carbocycles. The largest absolute Gasteiger partial charge is 0.756 e. The van der Waals surface area contributed by atoms with Crippen LogP contribution in [0.1, 0.15) is 142 Å². The predicted octanol–water partition coefficient (Wildman–Crippen LogP) is 6.88. The van der Waals surface area contributed by atoms with Gasteiger partial charge in [-0.3, -0.25) is 9.36 Å². The van der Waals surface area contributed by atoms with Crippen molar-refractivity contribution in [2.45, 2.75) is 154 Å². The van der Waals surface area contributed by atoms with Crippen LogP contribution in [0.2, 0.25) is 0 Å². The normalized spacial score (nSPS) is 15.1. The Kier molecular flexibility index (Phi) is 24.7. The van der Waals surface area contributed by atoms with E-state index in [9.17, 15) is 19.4 Å². The fourth-order valence-electron chi connectivity index (χ4n) is 4.62. The molecule has 3 atom stereocenters. The summed E-state index contributed by atoms with van der Waals surface area (Å²) in [5.74, 6) is -0.171. The topological polar surface area (TPSA) is 108 Å². The van der Waals surface area contributed by atoms with Crippen molar-refractivity contribution in [3.05, 3.63) is 0 Å². The molecule has 2 N–H and O–H groups in total. The van der Waals surface area contributed by atoms with Gasteiger partial charge in [0, 0.05) is 6.42 Å². The maximum Gasteiger partial charge on any atom is 0.268 e. The number of aliphatic hydroxyl groups is 1. The van der Waals surface area contributed by atoms with E-state index in [0.29, 0.717) is 23.9 Å². The molecule has 40 heavy (non-hydrogen) atoms. The van der Waals surface area contributed by atoms with Crippen LogP contribution in [0.25, 0.3) is 0 Å². The van der Waals surface area contributed by atoms with Crippen LogP contribution in [0.5, 0.6) is 0 Å². The molecule has 0 spiro atoms. The summed E-state index contributed by atoms with van der Waals surface area (Å²) in [6.07, 6.45) is 21.1. The van der Waals surface area contributed by atoms with Crippen molar-refractivity contribution < 1.29 is 32.9 Å². The summed E-state index contributed by atoms with van der Waals surface area (Å²) in [5.41, 5.74) is 0. The Labute approximate surface area is 247 Å². The summed E-state index contributed by atoms with van der Waals surface area (Å²) < 4.78 is 23.0. The van der Waals surface area contributed by atoms with Crippen LogP contribution in [0.4, 0.5) is 0 Å². The van der Waals surface area contributed by atoms with Gasteiger partial charge in [0.1, 0.15) is 13.2 Å². The van der Waals surface area contributed by atoms with Crippen molar-refractivity contribution in [2.24, 2.45) is 0 Å². The van der Waals surface area contributed by atoms with E-state index in [1.54, 1.807) is 0 Å². The number of amides is 1. The van der Waals surface area contributed by atoms with Gasteiger partial charge in [-0.2, -0.15) is 0 Å². The van der Waals surface area contributed by atoms with Crippen molar-refractivity contribution in [1.29, 1.82) is 0 Å². The maximum absolute atomic E-state index is 12.6. The lowest BCUT2D eigenvalue weighted by atomic mass is 10.0. The first-order chi connectivity index (χ1) is 19.0. The van der Waals surface area contributed by atoms with Gasteiger partial charge in [-0.1, -0.05) is 123 Å². The number of hydrogen-bond donors (Lipinski definition) is 2. The summed E-state index contributed by atoms with van der Waals surface area (Å²) in [5, 5.41) is 13.7. The minimum Gasteiger partial charge on any atom is -0.756 e. The Morgan fingerprint density at radius 2 is 1.23 bits per heavy atom. The lowest BCUT2D eigenvalue weighted by Gasteiger charge is -2.30. The maximum atomic E-state index is 12.6. The second kappa shape index (κ2) is 25.0. The van der Waals surface area contributed by atoms with E-state index < -0.39 is 20.0 Å². The second-order valence-corrected chi connectivity index (χ2v) is 13.9. The van der Waals surface area contributed by atoms with E-state index in [2.05, 4.69) is 19.2 Å². The molecule has 0 heterocycles. The molecule has 240 valence electrons. The van der Waals surface area contributed by atoms with Crippen LogP contribution in [0, 0.1) is 0 Å². The summed E-state index contributed by atoms with van der Waals surface area (Å²) in [7, 11) is 1.30. The van der Waals surface area contributed by atoms with Gasteiger partial charge in [0.05, 0.1) is 39.9 Å². The van der Waals surface area contributed by atoms with Gasteiger partial charge in [0.15, 0.2) is 0 Å². The third kappa shape index (κ3) is 26.4. The van der Waals surface area contributed by atoms with Gasteiger partial charge in [-0.25, -0.2) is 0 Å². The predicted molar refractivity (Wildman–Crippen MR) is 164 cm³/mol. The van der Waals surface area contributed by atoms with E-state index in [-0.39, 0.29) is 19.1 Å². The zero-order chi connectivity index (χ0) is 30.1. The molecule has 0 fully saturated rings. The highest BCUT2D eigenvalue weighted by Gasteiger charge is 2.24. The highest BCUT2D eigenvalue weighted by atomic mass is 31.2. The number of quaternary nitrogens is 1. The lowest BCUT2D eigenvalue weighted by Crippen LogP contribution is -2.46. The van der Waals surface area contributed by atoms with Crippen LogP contribution >= 0.6 is 7.82 Å². The van der Waals surface area contributed by atoms with Crippen molar-refractivity contribution >= 4 is 13.7 Å². The average Bonchev–Trinajstić information content (AvgIpc) is 2.88. The third-order valence-corrected chi connectivity index (χ3v) is 8.31. The molecule has 0 rings (SSSR count). The lowest BCUT2D eigenvalue weighted by molar-refractivity contribution is -0.870. The Hall–Kier alpha value is -0.500. The summed E-state index contributed by atoms with van der Waals surface area (Å²) in [4.78, 5) is 24.9. The Balaban J connectivity index is 4.55. The van der Waals surface area contributed by atoms with E-state index in [1.165, 1.54) is 77.0 Å². The Morgan fingerprint density at radius 1 is 0.775 bits per heavy atom. The summed E-state index contributed by atoms with van der Waals surface area (Å²) >= 11 is 0. The number of phosphoric acid groups is 1. The van der Waals surface area contributed by atoms with Gasteiger partial charge in [0.25, 0.3) is 7.82 Å². The minimum absolute atomic E-state index is 0.0147. The standard InChI is InChI=1S/C31H65N2O6P/c1-6-8-10-12-14-16-17-19-21-23-25-31(35)32-29(28-39-40(36,37)38-27-26-33(3,4)5)30(34)24-22-20-18-15-13-11-9-7-2/h29-30,34H,6-28H2,1-5H3,(H-,32,35,36,37). The number of rotatable bonds is 29. The van der Waals surface area contributed by atoms with Crippen LogP contribution in [-0.4, -0.2) is 68.5 Å². The Bertz CT molecular complexity index is 644. The van der Waals surface area contributed by atoms with Crippen LogP contribution in [0.15, 0.2) is 0 Å². The van der Waals surface area contributed by atoms with E-state index in [0.717, 1.165) is 38.5 Å².